The summed E-state index contributed by atoms with van der Waals surface area (Å²) in [6.07, 6.45) is 2.92. The maximum atomic E-state index is 8.37. The van der Waals surface area contributed by atoms with Crippen molar-refractivity contribution in [1.82, 2.24) is 0 Å². The highest BCUT2D eigenvalue weighted by molar-refractivity contribution is 7.43. The molecule has 1 rings (SSSR count). The van der Waals surface area contributed by atoms with E-state index >= 15 is 0 Å². The van der Waals surface area contributed by atoms with E-state index in [1.54, 1.807) is 0 Å². The maximum Gasteiger partial charge on any atom is 0.160 e. The molecule has 0 bridgehead atoms. The van der Waals surface area contributed by atoms with E-state index in [1.165, 1.54) is 12.8 Å². The van der Waals surface area contributed by atoms with Crippen molar-refractivity contribution in [3.63, 3.8) is 0 Å². The lowest BCUT2D eigenvalue weighted by Gasteiger charge is -2.66. The van der Waals surface area contributed by atoms with Crippen molar-refractivity contribution < 1.29 is 0 Å². The van der Waals surface area contributed by atoms with Crippen LogP contribution in [0.4, 0.5) is 0 Å². The topological polar surface area (TPSA) is 0 Å². The fraction of sp³-hybridized carbons (Fsp3) is 1.00. The molecule has 150 valence electrons. The largest absolute Gasteiger partial charge is 0.167 e. The summed E-state index contributed by atoms with van der Waals surface area (Å²) in [5.74, 6) is 0. The van der Waals surface area contributed by atoms with Gasteiger partial charge in [0.2, 0.25) is 0 Å². The molecule has 0 atom stereocenters. The molecule has 0 aromatic carbocycles. The summed E-state index contributed by atoms with van der Waals surface area (Å²) >= 11 is 8.37. The average Bonchev–Trinajstić information content (AvgIpc) is 2.58. The van der Waals surface area contributed by atoms with Crippen LogP contribution in [0.25, 0.3) is 0 Å². The molecule has 0 amide bonds. The summed E-state index contributed by atoms with van der Waals surface area (Å²) < 4.78 is 1.09. The van der Waals surface area contributed by atoms with E-state index in [9.17, 15) is 0 Å². The van der Waals surface area contributed by atoms with Crippen LogP contribution in [0.5, 0.6) is 0 Å². The Morgan fingerprint density at radius 2 is 0.800 bits per heavy atom. The Balaban J connectivity index is 4.10. The average molecular weight is 451 g/mol. The van der Waals surface area contributed by atoms with Crippen molar-refractivity contribution in [3.05, 3.63) is 0 Å². The van der Waals surface area contributed by atoms with Crippen molar-refractivity contribution in [2.75, 3.05) is 0 Å². The zero-order valence-corrected chi connectivity index (χ0v) is 25.6. The molecular formula is C19H47ClSi5. The van der Waals surface area contributed by atoms with Crippen LogP contribution in [0.1, 0.15) is 26.7 Å². The molecule has 6 heteroatoms. The van der Waals surface area contributed by atoms with Gasteiger partial charge in [-0.05, 0) is 14.1 Å². The van der Waals surface area contributed by atoms with Crippen molar-refractivity contribution in [2.24, 2.45) is 0 Å². The van der Waals surface area contributed by atoms with Crippen LogP contribution in [-0.2, 0) is 0 Å². The van der Waals surface area contributed by atoms with Gasteiger partial charge in [-0.15, -0.1) is 0 Å². The van der Waals surface area contributed by atoms with E-state index in [0.29, 0.717) is 14.1 Å². The standard InChI is InChI=1S/C19H47ClSi5/c1-17(2)25(20)18(21(3,4)5,22(6,7)8)15-16-19(25,23(9,10)11)24(12,13)14/h17H,15-16H2,1-14H3. The van der Waals surface area contributed by atoms with Crippen LogP contribution < -0.4 is 0 Å². The zero-order chi connectivity index (χ0) is 20.5. The van der Waals surface area contributed by atoms with Crippen molar-refractivity contribution in [2.45, 2.75) is 119 Å². The molecule has 1 heterocycles. The first-order valence-electron chi connectivity index (χ1n) is 10.3. The lowest BCUT2D eigenvalue weighted by molar-refractivity contribution is 0.763. The van der Waals surface area contributed by atoms with Crippen LogP contribution in [-0.4, -0.2) is 39.7 Å². The third-order valence-corrected chi connectivity index (χ3v) is 51.7. The van der Waals surface area contributed by atoms with Crippen LogP contribution in [0.3, 0.4) is 0 Å². The molecule has 0 spiro atoms. The second kappa shape index (κ2) is 6.44. The van der Waals surface area contributed by atoms with Crippen LogP contribution in [0, 0.1) is 0 Å². The van der Waals surface area contributed by atoms with Crippen molar-refractivity contribution >= 4 is 50.8 Å². The maximum absolute atomic E-state index is 8.37. The molecule has 0 aromatic heterocycles. The molecule has 1 saturated heterocycles. The first-order chi connectivity index (χ1) is 10.7. The zero-order valence-electron chi connectivity index (χ0n) is 19.9. The smallest absolute Gasteiger partial charge is 0.160 e. The molecule has 25 heavy (non-hydrogen) atoms. The van der Waals surface area contributed by atoms with Crippen LogP contribution in [0.15, 0.2) is 0 Å². The van der Waals surface area contributed by atoms with Crippen molar-refractivity contribution in [1.29, 1.82) is 0 Å². The molecule has 0 radical (unpaired) electrons. The molecule has 1 aliphatic rings. The Morgan fingerprint density at radius 3 is 0.920 bits per heavy atom. The summed E-state index contributed by atoms with van der Waals surface area (Å²) in [5, 5.41) is 0. The number of rotatable bonds is 5. The molecule has 0 nitrogen and oxygen atoms in total. The second-order valence-corrected chi connectivity index (χ2v) is 43.7. The fourth-order valence-corrected chi connectivity index (χ4v) is 69.0. The van der Waals surface area contributed by atoms with E-state index in [0.717, 1.165) is 0 Å². The molecule has 1 fully saturated rings. The molecule has 1 aliphatic heterocycles. The Morgan fingerprint density at radius 1 is 0.600 bits per heavy atom. The highest BCUT2D eigenvalue weighted by Crippen LogP contribution is 2.79. The predicted octanol–water partition coefficient (Wildman–Crippen LogP) is 8.36. The highest BCUT2D eigenvalue weighted by atomic mass is 35.6. The Kier molecular flexibility index (Phi) is 6.29. The first-order valence-corrected chi connectivity index (χ1v) is 27.4. The van der Waals surface area contributed by atoms with Gasteiger partial charge in [-0.1, -0.05) is 105 Å². The van der Waals surface area contributed by atoms with Crippen molar-refractivity contribution in [3.8, 4) is 0 Å². The van der Waals surface area contributed by atoms with E-state index in [4.69, 9.17) is 11.1 Å². The predicted molar refractivity (Wildman–Crippen MR) is 135 cm³/mol. The van der Waals surface area contributed by atoms with Gasteiger partial charge < -0.3 is 0 Å². The summed E-state index contributed by atoms with van der Waals surface area (Å²) in [5.41, 5.74) is 0.688. The summed E-state index contributed by atoms with van der Waals surface area (Å²) in [7, 11) is -7.72. The van der Waals surface area contributed by atoms with Gasteiger partial charge in [0.15, 0.2) is 7.38 Å². The lowest BCUT2D eigenvalue weighted by Crippen LogP contribution is -2.74. The first kappa shape index (κ1) is 24.4. The summed E-state index contributed by atoms with van der Waals surface area (Å²) in [6.45, 7) is 37.1. The van der Waals surface area contributed by atoms with Gasteiger partial charge >= 0.3 is 0 Å². The lowest BCUT2D eigenvalue weighted by atomic mass is 10.4. The quantitative estimate of drug-likeness (QED) is 0.291. The van der Waals surface area contributed by atoms with Gasteiger partial charge in [0, 0.05) is 32.3 Å². The minimum absolute atomic E-state index is 0.545. The fourth-order valence-electron chi connectivity index (χ4n) is 8.02. The van der Waals surface area contributed by atoms with Gasteiger partial charge in [0.05, 0.1) is 0 Å². The monoisotopic (exact) mass is 450 g/mol. The highest BCUT2D eigenvalue weighted by Gasteiger charge is 2.80. The Bertz CT molecular complexity index is 432. The third-order valence-electron chi connectivity index (χ3n) is 8.03. The minimum atomic E-state index is -2.05. The van der Waals surface area contributed by atoms with Gasteiger partial charge in [-0.2, -0.15) is 11.1 Å². The third kappa shape index (κ3) is 2.97. The molecule has 0 saturated carbocycles. The Labute approximate surface area is 169 Å². The van der Waals surface area contributed by atoms with Gasteiger partial charge in [-0.3, -0.25) is 0 Å². The second-order valence-electron chi connectivity index (χ2n) is 13.2. The van der Waals surface area contributed by atoms with Crippen LogP contribution in [0.2, 0.25) is 92.7 Å². The van der Waals surface area contributed by atoms with E-state index in [2.05, 4.69) is 92.4 Å². The van der Waals surface area contributed by atoms with E-state index < -0.39 is 39.7 Å². The van der Waals surface area contributed by atoms with Gasteiger partial charge in [0.25, 0.3) is 0 Å². The molecular weight excluding hydrogens is 404 g/mol. The normalized spacial score (nSPS) is 24.0. The van der Waals surface area contributed by atoms with Gasteiger partial charge in [0.1, 0.15) is 0 Å². The molecule has 0 aliphatic carbocycles. The van der Waals surface area contributed by atoms with E-state index in [1.807, 2.05) is 0 Å². The molecule has 0 N–H and O–H groups in total. The summed E-state index contributed by atoms with van der Waals surface area (Å²) in [4.78, 5) is 0. The van der Waals surface area contributed by atoms with Crippen LogP contribution >= 0.6 is 11.1 Å². The SMILES string of the molecule is CC(C)[Si]1(Cl)C([Si](C)(C)C)([Si](C)(C)C)CCC1([Si](C)(C)C)[Si](C)(C)C. The number of hydrogen-bond donors (Lipinski definition) is 0. The Hall–Kier alpha value is 1.37. The van der Waals surface area contributed by atoms with E-state index in [-0.39, 0.29) is 0 Å². The molecule has 0 aromatic rings. The summed E-state index contributed by atoms with van der Waals surface area (Å²) in [6, 6.07) is 0. The number of hydrogen-bond acceptors (Lipinski definition) is 0. The van der Waals surface area contributed by atoms with Gasteiger partial charge in [-0.25, -0.2) is 0 Å². The molecule has 0 unspecified atom stereocenters. The number of halogens is 1. The minimum Gasteiger partial charge on any atom is -0.167 e.